The van der Waals surface area contributed by atoms with Crippen molar-refractivity contribution in [3.63, 3.8) is 0 Å². The number of aromatic amines is 1. The summed E-state index contributed by atoms with van der Waals surface area (Å²) in [6.07, 6.45) is 0. The quantitative estimate of drug-likeness (QED) is 0.384. The van der Waals surface area contributed by atoms with Crippen molar-refractivity contribution in [3.05, 3.63) is 16.4 Å². The summed E-state index contributed by atoms with van der Waals surface area (Å²) in [5.74, 6) is 0. The van der Waals surface area contributed by atoms with Gasteiger partial charge in [0.1, 0.15) is 0 Å². The Bertz CT molecular complexity index is 236. The summed E-state index contributed by atoms with van der Waals surface area (Å²) in [4.78, 5) is 10.6. The first-order chi connectivity index (χ1) is 3.70. The first kappa shape index (κ1) is 5.22. The van der Waals surface area contributed by atoms with Gasteiger partial charge in [-0.3, -0.25) is 9.48 Å². The molecule has 8 heavy (non-hydrogen) atoms. The van der Waals surface area contributed by atoms with Gasteiger partial charge in [-0.25, -0.2) is 0 Å². The molecule has 0 amide bonds. The Labute approximate surface area is 47.7 Å². The van der Waals surface area contributed by atoms with E-state index in [1.54, 1.807) is 13.1 Å². The summed E-state index contributed by atoms with van der Waals surface area (Å²) in [7, 11) is 3.54. The van der Waals surface area contributed by atoms with Gasteiger partial charge < -0.3 is 5.10 Å². The van der Waals surface area contributed by atoms with Crippen LogP contribution in [0.15, 0.2) is 10.9 Å². The van der Waals surface area contributed by atoms with Crippen molar-refractivity contribution in [2.45, 2.75) is 0 Å². The first-order valence-electron chi connectivity index (χ1n) is 2.43. The molecule has 0 fully saturated rings. The molecule has 0 saturated heterocycles. The van der Waals surface area contributed by atoms with Gasteiger partial charge in [-0.15, -0.1) is 0 Å². The molecule has 1 heterocycles. The standard InChI is InChI=1S/C4H7BN2O/c1-7-4(8)2-3(5)6-7/h2,6H,5H2,1H3. The maximum Gasteiger partial charge on any atom is 0.265 e. The number of H-pyrrole nitrogens is 1. The molecule has 0 atom stereocenters. The zero-order valence-electron chi connectivity index (χ0n) is 4.93. The van der Waals surface area contributed by atoms with Crippen molar-refractivity contribution in [2.24, 2.45) is 7.05 Å². The van der Waals surface area contributed by atoms with E-state index in [9.17, 15) is 4.79 Å². The van der Waals surface area contributed by atoms with Gasteiger partial charge in [0.25, 0.3) is 5.56 Å². The van der Waals surface area contributed by atoms with E-state index >= 15 is 0 Å². The van der Waals surface area contributed by atoms with Gasteiger partial charge in [0.05, 0.1) is 0 Å². The van der Waals surface area contributed by atoms with E-state index in [0.717, 1.165) is 5.59 Å². The van der Waals surface area contributed by atoms with Crippen LogP contribution in [-0.4, -0.2) is 17.6 Å². The van der Waals surface area contributed by atoms with Crippen LogP contribution in [0.1, 0.15) is 0 Å². The smallest absolute Gasteiger partial charge is 0.265 e. The number of hydrogen-bond donors (Lipinski definition) is 1. The Morgan fingerprint density at radius 3 is 2.62 bits per heavy atom. The predicted octanol–water partition coefficient (Wildman–Crippen LogP) is -2.03. The Morgan fingerprint density at radius 2 is 2.50 bits per heavy atom. The van der Waals surface area contributed by atoms with E-state index < -0.39 is 0 Å². The molecule has 1 N–H and O–H groups in total. The molecule has 0 radical (unpaired) electrons. The Balaban J connectivity index is 3.35. The molecular formula is C4H7BN2O. The second-order valence-electron chi connectivity index (χ2n) is 1.84. The second kappa shape index (κ2) is 1.54. The highest BCUT2D eigenvalue weighted by Crippen LogP contribution is 1.58. The molecule has 0 spiro atoms. The van der Waals surface area contributed by atoms with Crippen LogP contribution in [0.3, 0.4) is 0 Å². The van der Waals surface area contributed by atoms with Crippen molar-refractivity contribution in [1.82, 2.24) is 9.78 Å². The largest absolute Gasteiger partial charge is 0.310 e. The lowest BCUT2D eigenvalue weighted by atomic mass is 10.1. The first-order valence-corrected chi connectivity index (χ1v) is 2.43. The minimum Gasteiger partial charge on any atom is -0.310 e. The maximum absolute atomic E-state index is 10.6. The average Bonchev–Trinajstić information content (AvgIpc) is 1.85. The summed E-state index contributed by atoms with van der Waals surface area (Å²) in [5, 5.41) is 2.81. The lowest BCUT2D eigenvalue weighted by molar-refractivity contribution is 0.747. The summed E-state index contributed by atoms with van der Waals surface area (Å²) in [5.41, 5.74) is 0.917. The van der Waals surface area contributed by atoms with Gasteiger partial charge in [0, 0.05) is 13.1 Å². The van der Waals surface area contributed by atoms with Crippen LogP contribution in [0.2, 0.25) is 0 Å². The molecule has 0 aliphatic heterocycles. The van der Waals surface area contributed by atoms with Crippen LogP contribution < -0.4 is 11.2 Å². The third-order valence-corrected chi connectivity index (χ3v) is 1.01. The lowest BCUT2D eigenvalue weighted by Crippen LogP contribution is -2.10. The topological polar surface area (TPSA) is 37.8 Å². The van der Waals surface area contributed by atoms with Crippen LogP contribution in [0.25, 0.3) is 0 Å². The van der Waals surface area contributed by atoms with E-state index in [1.165, 1.54) is 4.68 Å². The fourth-order valence-electron chi connectivity index (χ4n) is 0.634. The number of aromatic nitrogens is 2. The number of aryl methyl sites for hydroxylation is 1. The molecule has 0 aromatic carbocycles. The molecule has 1 aromatic heterocycles. The van der Waals surface area contributed by atoms with Gasteiger partial charge >= 0.3 is 0 Å². The maximum atomic E-state index is 10.6. The highest BCUT2D eigenvalue weighted by atomic mass is 16.1. The third kappa shape index (κ3) is 0.687. The van der Waals surface area contributed by atoms with Crippen molar-refractivity contribution in [1.29, 1.82) is 0 Å². The molecule has 0 aliphatic rings. The van der Waals surface area contributed by atoms with E-state index in [1.807, 2.05) is 7.85 Å². The fourth-order valence-corrected chi connectivity index (χ4v) is 0.634. The summed E-state index contributed by atoms with van der Waals surface area (Å²) in [6, 6.07) is 1.56. The normalized spacial score (nSPS) is 9.62. The zero-order chi connectivity index (χ0) is 6.15. The molecule has 0 bridgehead atoms. The lowest BCUT2D eigenvalue weighted by Gasteiger charge is -1.83. The number of hydrogen-bond acceptors (Lipinski definition) is 1. The zero-order valence-corrected chi connectivity index (χ0v) is 4.93. The molecule has 3 nitrogen and oxygen atoms in total. The predicted molar refractivity (Wildman–Crippen MR) is 34.2 cm³/mol. The van der Waals surface area contributed by atoms with E-state index in [0.29, 0.717) is 0 Å². The van der Waals surface area contributed by atoms with Gasteiger partial charge in [0.2, 0.25) is 0 Å². The molecular weight excluding hydrogens is 103 g/mol. The van der Waals surface area contributed by atoms with E-state index in [4.69, 9.17) is 0 Å². The molecule has 0 unspecified atom stereocenters. The summed E-state index contributed by atoms with van der Waals surface area (Å²) < 4.78 is 1.44. The van der Waals surface area contributed by atoms with E-state index in [-0.39, 0.29) is 5.56 Å². The second-order valence-corrected chi connectivity index (χ2v) is 1.84. The minimum atomic E-state index is 0.0162. The molecule has 1 rings (SSSR count). The van der Waals surface area contributed by atoms with Gasteiger partial charge in [-0.2, -0.15) is 0 Å². The van der Waals surface area contributed by atoms with Gasteiger partial charge in [0.15, 0.2) is 7.85 Å². The summed E-state index contributed by atoms with van der Waals surface area (Å²) >= 11 is 0. The Kier molecular flexibility index (Phi) is 1.01. The van der Waals surface area contributed by atoms with Crippen LogP contribution in [0.5, 0.6) is 0 Å². The SMILES string of the molecule is Bc1cc(=O)n(C)[nH]1. The van der Waals surface area contributed by atoms with E-state index in [2.05, 4.69) is 5.10 Å². The van der Waals surface area contributed by atoms with Crippen molar-refractivity contribution in [3.8, 4) is 0 Å². The van der Waals surface area contributed by atoms with Crippen LogP contribution >= 0.6 is 0 Å². The number of nitrogens with one attached hydrogen (secondary N) is 1. The van der Waals surface area contributed by atoms with Crippen LogP contribution in [-0.2, 0) is 7.05 Å². The monoisotopic (exact) mass is 110 g/mol. The highest BCUT2D eigenvalue weighted by molar-refractivity contribution is 6.30. The Morgan fingerprint density at radius 1 is 1.88 bits per heavy atom. The average molecular weight is 110 g/mol. The van der Waals surface area contributed by atoms with Crippen molar-refractivity contribution >= 4 is 13.4 Å². The van der Waals surface area contributed by atoms with Gasteiger partial charge in [-0.1, -0.05) is 0 Å². The van der Waals surface area contributed by atoms with Crippen LogP contribution in [0, 0.1) is 0 Å². The third-order valence-electron chi connectivity index (χ3n) is 1.01. The molecule has 0 aliphatic carbocycles. The van der Waals surface area contributed by atoms with Crippen LogP contribution in [0.4, 0.5) is 0 Å². The number of nitrogens with zero attached hydrogens (tertiary/aromatic N) is 1. The van der Waals surface area contributed by atoms with Crippen molar-refractivity contribution in [2.75, 3.05) is 0 Å². The molecule has 4 heteroatoms. The number of rotatable bonds is 0. The fraction of sp³-hybridized carbons (Fsp3) is 0.250. The molecule has 0 saturated carbocycles. The molecule has 1 aromatic rings. The van der Waals surface area contributed by atoms with Gasteiger partial charge in [-0.05, 0) is 5.59 Å². The Hall–Kier alpha value is -0.925. The highest BCUT2D eigenvalue weighted by Gasteiger charge is 1.89. The van der Waals surface area contributed by atoms with Crippen molar-refractivity contribution < 1.29 is 0 Å². The molecule has 42 valence electrons. The summed E-state index contributed by atoms with van der Waals surface area (Å²) in [6.45, 7) is 0. The minimum absolute atomic E-state index is 0.0162.